The molecule has 0 fully saturated rings. The van der Waals surface area contributed by atoms with E-state index in [0.29, 0.717) is 0 Å². The number of aromatic nitrogens is 3. The van der Waals surface area contributed by atoms with E-state index < -0.39 is 0 Å². The third-order valence-electron chi connectivity index (χ3n) is 1.15. The lowest BCUT2D eigenvalue weighted by molar-refractivity contribution is 1.33. The number of imidazole rings is 1. The van der Waals surface area contributed by atoms with Gasteiger partial charge in [-0.2, -0.15) is 0 Å². The Bertz CT molecular complexity index is 282. The molecule has 0 aliphatic carbocycles. The highest BCUT2D eigenvalue weighted by atomic mass is 14.9. The summed E-state index contributed by atoms with van der Waals surface area (Å²) in [4.78, 5) is 10.7. The molecule has 2 rings (SSSR count). The van der Waals surface area contributed by atoms with Gasteiger partial charge in [0.25, 0.3) is 0 Å². The summed E-state index contributed by atoms with van der Waals surface area (Å²) in [6.07, 6.45) is 4.95. The molecule has 0 saturated heterocycles. The highest BCUT2D eigenvalue weighted by Crippen LogP contribution is 2.02. The van der Waals surface area contributed by atoms with Gasteiger partial charge in [-0.05, 0) is 0 Å². The fraction of sp³-hybridized carbons (Fsp3) is 0. The second-order valence-electron chi connectivity index (χ2n) is 1.72. The Kier molecular flexibility index (Phi) is 0.773. The SMILES string of the molecule is [c]1cncc2[nH]cnc12. The molecule has 9 heavy (non-hydrogen) atoms. The first-order valence-electron chi connectivity index (χ1n) is 2.61. The smallest absolute Gasteiger partial charge is 0.0993 e. The summed E-state index contributed by atoms with van der Waals surface area (Å²) in [5.74, 6) is 0. The minimum atomic E-state index is 0.838. The first-order chi connectivity index (χ1) is 4.47. The molecule has 1 radical (unpaired) electrons. The molecule has 3 heteroatoms. The minimum absolute atomic E-state index is 0.838. The summed E-state index contributed by atoms with van der Waals surface area (Å²) in [5, 5.41) is 0. The van der Waals surface area contributed by atoms with Crippen molar-refractivity contribution >= 4 is 11.0 Å². The van der Waals surface area contributed by atoms with Crippen LogP contribution in [0.25, 0.3) is 11.0 Å². The first kappa shape index (κ1) is 4.49. The van der Waals surface area contributed by atoms with Crippen molar-refractivity contribution in [2.45, 2.75) is 0 Å². The van der Waals surface area contributed by atoms with Gasteiger partial charge in [-0.25, -0.2) is 4.98 Å². The zero-order valence-electron chi connectivity index (χ0n) is 4.63. The van der Waals surface area contributed by atoms with Crippen molar-refractivity contribution in [1.82, 2.24) is 15.0 Å². The molecule has 0 aliphatic heterocycles. The van der Waals surface area contributed by atoms with Gasteiger partial charge in [-0.1, -0.05) is 0 Å². The van der Waals surface area contributed by atoms with Gasteiger partial charge in [0.2, 0.25) is 0 Å². The van der Waals surface area contributed by atoms with Crippen molar-refractivity contribution in [1.29, 1.82) is 0 Å². The second-order valence-corrected chi connectivity index (χ2v) is 1.72. The number of aromatic amines is 1. The van der Waals surface area contributed by atoms with Crippen molar-refractivity contribution in [3.63, 3.8) is 0 Å². The monoisotopic (exact) mass is 118 g/mol. The molecule has 0 atom stereocenters. The number of pyridine rings is 1. The Morgan fingerprint density at radius 1 is 1.56 bits per heavy atom. The van der Waals surface area contributed by atoms with Crippen molar-refractivity contribution in [2.75, 3.05) is 0 Å². The molecule has 0 unspecified atom stereocenters. The van der Waals surface area contributed by atoms with E-state index in [1.807, 2.05) is 0 Å². The average molecular weight is 118 g/mol. The molecule has 1 N–H and O–H groups in total. The van der Waals surface area contributed by atoms with Crippen molar-refractivity contribution in [3.05, 3.63) is 24.8 Å². The lowest BCUT2D eigenvalue weighted by Gasteiger charge is -1.80. The molecule has 0 saturated carbocycles. The number of hydrogen-bond acceptors (Lipinski definition) is 2. The van der Waals surface area contributed by atoms with Gasteiger partial charge in [0.15, 0.2) is 0 Å². The number of hydrogen-bond donors (Lipinski definition) is 1. The van der Waals surface area contributed by atoms with E-state index in [0.717, 1.165) is 11.0 Å². The van der Waals surface area contributed by atoms with Crippen LogP contribution in [-0.2, 0) is 0 Å². The predicted molar refractivity (Wildman–Crippen MR) is 32.7 cm³/mol. The lowest BCUT2D eigenvalue weighted by Crippen LogP contribution is -1.70. The third kappa shape index (κ3) is 0.579. The molecule has 3 nitrogen and oxygen atoms in total. The largest absolute Gasteiger partial charge is 0.343 e. The highest BCUT2D eigenvalue weighted by molar-refractivity contribution is 5.71. The average Bonchev–Trinajstić information content (AvgIpc) is 2.33. The van der Waals surface area contributed by atoms with E-state index in [9.17, 15) is 0 Å². The first-order valence-corrected chi connectivity index (χ1v) is 2.61. The van der Waals surface area contributed by atoms with Gasteiger partial charge < -0.3 is 4.98 Å². The van der Waals surface area contributed by atoms with Crippen molar-refractivity contribution in [2.24, 2.45) is 0 Å². The highest BCUT2D eigenvalue weighted by Gasteiger charge is 1.90. The quantitative estimate of drug-likeness (QED) is 0.554. The molecule has 2 heterocycles. The van der Waals surface area contributed by atoms with E-state index in [1.54, 1.807) is 18.7 Å². The van der Waals surface area contributed by atoms with Gasteiger partial charge in [-0.3, -0.25) is 4.98 Å². The zero-order chi connectivity index (χ0) is 6.10. The molecule has 0 aromatic carbocycles. The van der Waals surface area contributed by atoms with Crippen LogP contribution < -0.4 is 0 Å². The van der Waals surface area contributed by atoms with E-state index in [2.05, 4.69) is 21.0 Å². The van der Waals surface area contributed by atoms with Crippen LogP contribution in [0.2, 0.25) is 0 Å². The maximum atomic E-state index is 3.97. The standard InChI is InChI=1S/C6H4N3/c1-2-7-3-6-5(1)8-4-9-6/h2-4H,(H,8,9). The zero-order valence-corrected chi connectivity index (χ0v) is 4.63. The summed E-state index contributed by atoms with van der Waals surface area (Å²) < 4.78 is 0. The number of fused-ring (bicyclic) bond motifs is 1. The molecular weight excluding hydrogens is 114 g/mol. The summed E-state index contributed by atoms with van der Waals surface area (Å²) in [5.41, 5.74) is 1.77. The molecule has 2 aromatic heterocycles. The van der Waals surface area contributed by atoms with E-state index in [4.69, 9.17) is 0 Å². The van der Waals surface area contributed by atoms with Crippen LogP contribution in [-0.4, -0.2) is 15.0 Å². The Hall–Kier alpha value is -1.38. The van der Waals surface area contributed by atoms with Gasteiger partial charge in [0.1, 0.15) is 0 Å². The van der Waals surface area contributed by atoms with Crippen LogP contribution in [0.3, 0.4) is 0 Å². The van der Waals surface area contributed by atoms with Crippen molar-refractivity contribution in [3.8, 4) is 0 Å². The second kappa shape index (κ2) is 1.55. The maximum absolute atomic E-state index is 3.97. The van der Waals surface area contributed by atoms with Crippen LogP contribution in [0.5, 0.6) is 0 Å². The van der Waals surface area contributed by atoms with Crippen LogP contribution in [0.4, 0.5) is 0 Å². The topological polar surface area (TPSA) is 41.6 Å². The Balaban J connectivity index is 2.95. The van der Waals surface area contributed by atoms with Crippen LogP contribution in [0.1, 0.15) is 0 Å². The third-order valence-corrected chi connectivity index (χ3v) is 1.15. The normalized spacial score (nSPS) is 10.2. The van der Waals surface area contributed by atoms with Crippen LogP contribution >= 0.6 is 0 Å². The van der Waals surface area contributed by atoms with Gasteiger partial charge in [0.05, 0.1) is 23.6 Å². The summed E-state index contributed by atoms with van der Waals surface area (Å²) in [6.45, 7) is 0. The molecule has 0 spiro atoms. The number of nitrogens with zero attached hydrogens (tertiary/aromatic N) is 2. The summed E-state index contributed by atoms with van der Waals surface area (Å²) >= 11 is 0. The minimum Gasteiger partial charge on any atom is -0.343 e. The van der Waals surface area contributed by atoms with E-state index >= 15 is 0 Å². The molecule has 43 valence electrons. The summed E-state index contributed by atoms with van der Waals surface area (Å²) in [6, 6.07) is 2.88. The number of nitrogens with one attached hydrogen (secondary N) is 1. The molecule has 0 bridgehead atoms. The number of rotatable bonds is 0. The molecule has 0 amide bonds. The molecule has 2 aromatic rings. The van der Waals surface area contributed by atoms with E-state index in [-0.39, 0.29) is 0 Å². The fourth-order valence-corrected chi connectivity index (χ4v) is 0.728. The Morgan fingerprint density at radius 2 is 2.56 bits per heavy atom. The predicted octanol–water partition coefficient (Wildman–Crippen LogP) is 0.758. The van der Waals surface area contributed by atoms with Gasteiger partial charge in [0, 0.05) is 12.3 Å². The Morgan fingerprint density at radius 3 is 3.44 bits per heavy atom. The molecular formula is C6H4N3. The van der Waals surface area contributed by atoms with Crippen LogP contribution in [0.15, 0.2) is 18.7 Å². The Labute approximate surface area is 51.8 Å². The fourth-order valence-electron chi connectivity index (χ4n) is 0.728. The summed E-state index contributed by atoms with van der Waals surface area (Å²) in [7, 11) is 0. The number of H-pyrrole nitrogens is 1. The van der Waals surface area contributed by atoms with Crippen molar-refractivity contribution < 1.29 is 0 Å². The lowest BCUT2D eigenvalue weighted by atomic mass is 10.4. The van der Waals surface area contributed by atoms with Crippen LogP contribution in [0, 0.1) is 6.07 Å². The van der Waals surface area contributed by atoms with Gasteiger partial charge >= 0.3 is 0 Å². The molecule has 0 aliphatic rings. The van der Waals surface area contributed by atoms with Gasteiger partial charge in [-0.15, -0.1) is 0 Å². The van der Waals surface area contributed by atoms with E-state index in [1.165, 1.54) is 0 Å². The maximum Gasteiger partial charge on any atom is 0.0993 e.